The average Bonchev–Trinajstić information content (AvgIpc) is 2.99. The van der Waals surface area contributed by atoms with Crippen molar-refractivity contribution in [2.75, 3.05) is 0 Å². The average molecular weight is 342 g/mol. The van der Waals surface area contributed by atoms with Crippen molar-refractivity contribution in [1.82, 2.24) is 0 Å². The number of phenols is 1. The second-order valence-electron chi connectivity index (χ2n) is 5.12. The van der Waals surface area contributed by atoms with Crippen molar-refractivity contribution >= 4 is 17.3 Å². The number of benzene rings is 2. The Morgan fingerprint density at radius 2 is 1.83 bits per heavy atom. The van der Waals surface area contributed by atoms with E-state index in [1.165, 1.54) is 18.2 Å². The van der Waals surface area contributed by atoms with Gasteiger partial charge in [0.25, 0.3) is 0 Å². The predicted molar refractivity (Wildman–Crippen MR) is 79.5 cm³/mol. The lowest BCUT2D eigenvalue weighted by Gasteiger charge is -2.11. The fourth-order valence-corrected chi connectivity index (χ4v) is 2.51. The van der Waals surface area contributed by atoms with Gasteiger partial charge >= 0.3 is 6.18 Å². The summed E-state index contributed by atoms with van der Waals surface area (Å²) in [6.07, 6.45) is -4.53. The standard InChI is InChI=1S/C16H11ClF3NO2/c17-11-5-6-14(22)12(7-11)13-8-15(23-21-13)9-1-3-10(4-2-9)16(18,19)20/h1-7,15,22H,8H2. The second-order valence-corrected chi connectivity index (χ2v) is 5.55. The summed E-state index contributed by atoms with van der Waals surface area (Å²) >= 11 is 5.90. The number of hydrogen-bond donors (Lipinski definition) is 1. The fourth-order valence-electron chi connectivity index (χ4n) is 2.34. The van der Waals surface area contributed by atoms with Crippen LogP contribution in [-0.4, -0.2) is 10.8 Å². The summed E-state index contributed by atoms with van der Waals surface area (Å²) in [4.78, 5) is 5.28. The van der Waals surface area contributed by atoms with E-state index in [1.807, 2.05) is 0 Å². The zero-order chi connectivity index (χ0) is 16.6. The maximum absolute atomic E-state index is 12.6. The van der Waals surface area contributed by atoms with Crippen molar-refractivity contribution in [3.63, 3.8) is 0 Å². The third kappa shape index (κ3) is 3.27. The molecule has 0 radical (unpaired) electrons. The van der Waals surface area contributed by atoms with E-state index in [0.717, 1.165) is 12.1 Å². The molecule has 1 atom stereocenters. The van der Waals surface area contributed by atoms with Gasteiger partial charge in [0.05, 0.1) is 11.3 Å². The number of aromatic hydroxyl groups is 1. The van der Waals surface area contributed by atoms with Gasteiger partial charge in [-0.15, -0.1) is 0 Å². The van der Waals surface area contributed by atoms with E-state index in [-0.39, 0.29) is 5.75 Å². The van der Waals surface area contributed by atoms with Crippen molar-refractivity contribution < 1.29 is 23.1 Å². The lowest BCUT2D eigenvalue weighted by molar-refractivity contribution is -0.137. The van der Waals surface area contributed by atoms with Gasteiger partial charge < -0.3 is 9.94 Å². The molecule has 0 aliphatic carbocycles. The highest BCUT2D eigenvalue weighted by atomic mass is 35.5. The van der Waals surface area contributed by atoms with Crippen LogP contribution in [0.4, 0.5) is 13.2 Å². The van der Waals surface area contributed by atoms with Crippen LogP contribution in [0, 0.1) is 0 Å². The van der Waals surface area contributed by atoms with E-state index >= 15 is 0 Å². The molecule has 0 bridgehead atoms. The number of hydrogen-bond acceptors (Lipinski definition) is 3. The molecule has 120 valence electrons. The number of nitrogens with zero attached hydrogens (tertiary/aromatic N) is 1. The van der Waals surface area contributed by atoms with Crippen LogP contribution in [0.2, 0.25) is 5.02 Å². The quantitative estimate of drug-likeness (QED) is 0.841. The molecular weight excluding hydrogens is 331 g/mol. The summed E-state index contributed by atoms with van der Waals surface area (Å²) < 4.78 is 37.7. The first-order valence-corrected chi connectivity index (χ1v) is 7.11. The van der Waals surface area contributed by atoms with E-state index in [1.54, 1.807) is 12.1 Å². The molecule has 0 fully saturated rings. The highest BCUT2D eigenvalue weighted by Crippen LogP contribution is 2.35. The summed E-state index contributed by atoms with van der Waals surface area (Å²) in [7, 11) is 0. The Morgan fingerprint density at radius 1 is 1.13 bits per heavy atom. The highest BCUT2D eigenvalue weighted by Gasteiger charge is 2.31. The third-order valence-electron chi connectivity index (χ3n) is 3.55. The van der Waals surface area contributed by atoms with Gasteiger partial charge in [-0.05, 0) is 35.9 Å². The minimum atomic E-state index is -4.37. The molecule has 1 heterocycles. The van der Waals surface area contributed by atoms with Crippen LogP contribution in [0.25, 0.3) is 0 Å². The Hall–Kier alpha value is -2.21. The van der Waals surface area contributed by atoms with Gasteiger partial charge in [0.1, 0.15) is 5.75 Å². The van der Waals surface area contributed by atoms with Crippen LogP contribution in [0.15, 0.2) is 47.6 Å². The lowest BCUT2D eigenvalue weighted by atomic mass is 9.99. The molecule has 1 aliphatic heterocycles. The van der Waals surface area contributed by atoms with Crippen molar-refractivity contribution in [1.29, 1.82) is 0 Å². The third-order valence-corrected chi connectivity index (χ3v) is 3.78. The zero-order valence-electron chi connectivity index (χ0n) is 11.6. The van der Waals surface area contributed by atoms with E-state index in [0.29, 0.717) is 28.3 Å². The molecule has 23 heavy (non-hydrogen) atoms. The van der Waals surface area contributed by atoms with Gasteiger partial charge in [0, 0.05) is 17.0 Å². The van der Waals surface area contributed by atoms with E-state index < -0.39 is 17.8 Å². The van der Waals surface area contributed by atoms with E-state index in [9.17, 15) is 18.3 Å². The molecule has 2 aromatic carbocycles. The number of rotatable bonds is 2. The molecule has 1 aliphatic rings. The summed E-state index contributed by atoms with van der Waals surface area (Å²) in [6.45, 7) is 0. The SMILES string of the molecule is Oc1ccc(Cl)cc1C1=NOC(c2ccc(C(F)(F)F)cc2)C1. The minimum absolute atomic E-state index is 0.0184. The Bertz CT molecular complexity index is 757. The van der Waals surface area contributed by atoms with Crippen LogP contribution in [0.5, 0.6) is 5.75 Å². The summed E-state index contributed by atoms with van der Waals surface area (Å²) in [5, 5.41) is 14.2. The van der Waals surface area contributed by atoms with Crippen molar-refractivity contribution in [2.24, 2.45) is 5.16 Å². The Labute approximate surface area is 134 Å². The van der Waals surface area contributed by atoms with Crippen molar-refractivity contribution in [3.8, 4) is 5.75 Å². The normalized spacial score (nSPS) is 17.7. The molecule has 0 aromatic heterocycles. The Kier molecular flexibility index (Phi) is 3.93. The van der Waals surface area contributed by atoms with Gasteiger partial charge in [-0.1, -0.05) is 28.9 Å². The molecule has 1 N–H and O–H groups in total. The molecule has 2 aromatic rings. The van der Waals surface area contributed by atoms with Crippen LogP contribution in [0.3, 0.4) is 0 Å². The molecule has 1 unspecified atom stereocenters. The van der Waals surface area contributed by atoms with E-state index in [2.05, 4.69) is 5.16 Å². The first-order valence-electron chi connectivity index (χ1n) is 6.73. The number of oxime groups is 1. The smallest absolute Gasteiger partial charge is 0.416 e. The summed E-state index contributed by atoms with van der Waals surface area (Å²) in [5.74, 6) is 0.0184. The fraction of sp³-hybridized carbons (Fsp3) is 0.188. The van der Waals surface area contributed by atoms with Crippen molar-refractivity contribution in [3.05, 3.63) is 64.2 Å². The Morgan fingerprint density at radius 3 is 2.48 bits per heavy atom. The molecule has 0 saturated heterocycles. The number of alkyl halides is 3. The predicted octanol–water partition coefficient (Wildman–Crippen LogP) is 4.93. The Balaban J connectivity index is 1.78. The van der Waals surface area contributed by atoms with Gasteiger partial charge in [-0.25, -0.2) is 0 Å². The molecular formula is C16H11ClF3NO2. The molecule has 0 saturated carbocycles. The largest absolute Gasteiger partial charge is 0.507 e. The second kappa shape index (κ2) is 5.77. The molecule has 7 heteroatoms. The maximum Gasteiger partial charge on any atom is 0.416 e. The maximum atomic E-state index is 12.6. The van der Waals surface area contributed by atoms with E-state index in [4.69, 9.17) is 16.4 Å². The van der Waals surface area contributed by atoms with Gasteiger partial charge in [-0.3, -0.25) is 0 Å². The number of phenolic OH excluding ortho intramolecular Hbond substituents is 1. The molecule has 3 rings (SSSR count). The van der Waals surface area contributed by atoms with Crippen LogP contribution < -0.4 is 0 Å². The molecule has 0 amide bonds. The minimum Gasteiger partial charge on any atom is -0.507 e. The van der Waals surface area contributed by atoms with Crippen LogP contribution in [-0.2, 0) is 11.0 Å². The van der Waals surface area contributed by atoms with Gasteiger partial charge in [0.15, 0.2) is 6.10 Å². The lowest BCUT2D eigenvalue weighted by Crippen LogP contribution is -2.06. The summed E-state index contributed by atoms with van der Waals surface area (Å²) in [5.41, 5.74) is 0.813. The highest BCUT2D eigenvalue weighted by molar-refractivity contribution is 6.31. The summed E-state index contributed by atoms with van der Waals surface area (Å²) in [6, 6.07) is 9.30. The molecule has 3 nitrogen and oxygen atoms in total. The monoisotopic (exact) mass is 341 g/mol. The zero-order valence-corrected chi connectivity index (χ0v) is 12.4. The molecule has 0 spiro atoms. The first kappa shape index (κ1) is 15.7. The van der Waals surface area contributed by atoms with Crippen LogP contribution in [0.1, 0.15) is 29.2 Å². The van der Waals surface area contributed by atoms with Gasteiger partial charge in [0.2, 0.25) is 0 Å². The topological polar surface area (TPSA) is 41.8 Å². The van der Waals surface area contributed by atoms with Crippen molar-refractivity contribution in [2.45, 2.75) is 18.7 Å². The number of halogens is 4. The van der Waals surface area contributed by atoms with Crippen LogP contribution >= 0.6 is 11.6 Å². The van der Waals surface area contributed by atoms with Gasteiger partial charge in [-0.2, -0.15) is 13.2 Å². The first-order chi connectivity index (χ1) is 10.8.